The van der Waals surface area contributed by atoms with Gasteiger partial charge < -0.3 is 20.4 Å². The lowest BCUT2D eigenvalue weighted by atomic mass is 9.99. The summed E-state index contributed by atoms with van der Waals surface area (Å²) in [6.07, 6.45) is 3.76. The first-order valence-electron chi connectivity index (χ1n) is 9.32. The Labute approximate surface area is 154 Å². The van der Waals surface area contributed by atoms with Crippen LogP contribution in [0.2, 0.25) is 0 Å². The van der Waals surface area contributed by atoms with Crippen LogP contribution in [0.25, 0.3) is 0 Å². The normalized spacial score (nSPS) is 19.8. The van der Waals surface area contributed by atoms with Crippen molar-refractivity contribution in [3.05, 3.63) is 48.3 Å². The van der Waals surface area contributed by atoms with Crippen LogP contribution in [-0.2, 0) is 6.42 Å². The Balaban J connectivity index is 1.61. The molecule has 2 heterocycles. The molecule has 0 aliphatic carbocycles. The standard InChI is InChI=1S/C20H28N4O2/c1-15(18(26)10-16-6-3-2-4-7-16)23-19-11-20(22-14-21-19)24-9-5-8-17(12-24)13-25/h2-4,6-7,11,14-15,17-18,25-26H,5,8-10,12-13H2,1H3,(H,21,22,23). The quantitative estimate of drug-likeness (QED) is 0.705. The molecule has 0 radical (unpaired) electrons. The van der Waals surface area contributed by atoms with Gasteiger partial charge in [0.25, 0.3) is 0 Å². The highest BCUT2D eigenvalue weighted by atomic mass is 16.3. The summed E-state index contributed by atoms with van der Waals surface area (Å²) in [6.45, 7) is 3.94. The van der Waals surface area contributed by atoms with Crippen molar-refractivity contribution >= 4 is 11.6 Å². The molecular formula is C20H28N4O2. The van der Waals surface area contributed by atoms with Gasteiger partial charge in [0, 0.05) is 32.2 Å². The summed E-state index contributed by atoms with van der Waals surface area (Å²) in [6, 6.07) is 11.8. The highest BCUT2D eigenvalue weighted by Crippen LogP contribution is 2.23. The Hall–Kier alpha value is -2.18. The summed E-state index contributed by atoms with van der Waals surface area (Å²) in [4.78, 5) is 10.9. The number of aliphatic hydroxyl groups is 2. The van der Waals surface area contributed by atoms with E-state index < -0.39 is 6.10 Å². The van der Waals surface area contributed by atoms with Crippen LogP contribution >= 0.6 is 0 Å². The van der Waals surface area contributed by atoms with E-state index in [0.29, 0.717) is 18.2 Å². The Morgan fingerprint density at radius 1 is 1.27 bits per heavy atom. The van der Waals surface area contributed by atoms with Gasteiger partial charge in [-0.1, -0.05) is 30.3 Å². The maximum absolute atomic E-state index is 10.5. The van der Waals surface area contributed by atoms with Gasteiger partial charge >= 0.3 is 0 Å². The minimum atomic E-state index is -0.510. The number of piperidine rings is 1. The second kappa shape index (κ2) is 8.96. The van der Waals surface area contributed by atoms with Crippen molar-refractivity contribution in [2.45, 2.75) is 38.3 Å². The van der Waals surface area contributed by atoms with Crippen molar-refractivity contribution in [2.75, 3.05) is 29.9 Å². The zero-order valence-electron chi connectivity index (χ0n) is 15.3. The molecule has 1 aliphatic rings. The van der Waals surface area contributed by atoms with Gasteiger partial charge in [-0.3, -0.25) is 0 Å². The summed E-state index contributed by atoms with van der Waals surface area (Å²) >= 11 is 0. The number of hydrogen-bond donors (Lipinski definition) is 3. The number of aromatic nitrogens is 2. The van der Waals surface area contributed by atoms with Crippen LogP contribution in [0.15, 0.2) is 42.7 Å². The van der Waals surface area contributed by atoms with E-state index in [1.807, 2.05) is 43.3 Å². The summed E-state index contributed by atoms with van der Waals surface area (Å²) in [7, 11) is 0. The zero-order valence-corrected chi connectivity index (χ0v) is 15.3. The van der Waals surface area contributed by atoms with Crippen molar-refractivity contribution in [2.24, 2.45) is 5.92 Å². The monoisotopic (exact) mass is 356 g/mol. The maximum atomic E-state index is 10.5. The molecule has 3 unspecified atom stereocenters. The molecule has 140 valence electrons. The fourth-order valence-corrected chi connectivity index (χ4v) is 3.38. The van der Waals surface area contributed by atoms with Crippen LogP contribution in [0.4, 0.5) is 11.6 Å². The number of benzene rings is 1. The highest BCUT2D eigenvalue weighted by molar-refractivity contribution is 5.49. The molecule has 1 saturated heterocycles. The van der Waals surface area contributed by atoms with Crippen LogP contribution in [0, 0.1) is 5.92 Å². The van der Waals surface area contributed by atoms with Crippen LogP contribution < -0.4 is 10.2 Å². The average Bonchev–Trinajstić information content (AvgIpc) is 2.69. The van der Waals surface area contributed by atoms with E-state index in [1.54, 1.807) is 6.33 Å². The van der Waals surface area contributed by atoms with Gasteiger partial charge in [-0.2, -0.15) is 0 Å². The van der Waals surface area contributed by atoms with Crippen LogP contribution in [0.1, 0.15) is 25.3 Å². The molecule has 3 rings (SSSR count). The third-order valence-electron chi connectivity index (χ3n) is 4.99. The van der Waals surface area contributed by atoms with Gasteiger partial charge in [0.05, 0.1) is 12.1 Å². The molecule has 1 aromatic heterocycles. The summed E-state index contributed by atoms with van der Waals surface area (Å²) in [5.41, 5.74) is 1.11. The fraction of sp³-hybridized carbons (Fsp3) is 0.500. The van der Waals surface area contributed by atoms with Crippen molar-refractivity contribution in [3.63, 3.8) is 0 Å². The number of hydrogen-bond acceptors (Lipinski definition) is 6. The summed E-state index contributed by atoms with van der Waals surface area (Å²) in [5.74, 6) is 1.88. The molecule has 0 amide bonds. The lowest BCUT2D eigenvalue weighted by molar-refractivity contribution is 0.158. The van der Waals surface area contributed by atoms with Crippen molar-refractivity contribution in [1.29, 1.82) is 0 Å². The molecule has 0 spiro atoms. The molecule has 1 aliphatic heterocycles. The maximum Gasteiger partial charge on any atom is 0.134 e. The third-order valence-corrected chi connectivity index (χ3v) is 4.99. The molecule has 3 atom stereocenters. The van der Waals surface area contributed by atoms with E-state index in [1.165, 1.54) is 0 Å². The Kier molecular flexibility index (Phi) is 6.41. The van der Waals surface area contributed by atoms with Gasteiger partial charge in [-0.15, -0.1) is 0 Å². The van der Waals surface area contributed by atoms with Gasteiger partial charge in [-0.05, 0) is 31.2 Å². The molecule has 26 heavy (non-hydrogen) atoms. The lowest BCUT2D eigenvalue weighted by Gasteiger charge is -2.32. The topological polar surface area (TPSA) is 81.5 Å². The predicted octanol–water partition coefficient (Wildman–Crippen LogP) is 2.09. The second-order valence-electron chi connectivity index (χ2n) is 7.09. The summed E-state index contributed by atoms with van der Waals surface area (Å²) < 4.78 is 0. The molecule has 1 aromatic carbocycles. The van der Waals surface area contributed by atoms with Gasteiger partial charge in [0.1, 0.15) is 18.0 Å². The molecule has 0 saturated carbocycles. The van der Waals surface area contributed by atoms with Gasteiger partial charge in [0.2, 0.25) is 0 Å². The first kappa shape index (κ1) is 18.6. The van der Waals surface area contributed by atoms with Gasteiger partial charge in [0.15, 0.2) is 0 Å². The van der Waals surface area contributed by atoms with Crippen LogP contribution in [0.5, 0.6) is 0 Å². The minimum absolute atomic E-state index is 0.135. The fourth-order valence-electron chi connectivity index (χ4n) is 3.38. The predicted molar refractivity (Wildman–Crippen MR) is 103 cm³/mol. The SMILES string of the molecule is CC(Nc1cc(N2CCCC(CO)C2)ncn1)C(O)Cc1ccccc1. The zero-order chi connectivity index (χ0) is 18.4. The molecule has 2 aromatic rings. The molecule has 6 heteroatoms. The third kappa shape index (κ3) is 4.93. The van der Waals surface area contributed by atoms with Gasteiger partial charge in [-0.25, -0.2) is 9.97 Å². The molecule has 6 nitrogen and oxygen atoms in total. The highest BCUT2D eigenvalue weighted by Gasteiger charge is 2.21. The van der Waals surface area contributed by atoms with E-state index in [2.05, 4.69) is 20.2 Å². The Morgan fingerprint density at radius 2 is 2.08 bits per heavy atom. The smallest absolute Gasteiger partial charge is 0.134 e. The number of aliphatic hydroxyl groups excluding tert-OH is 2. The largest absolute Gasteiger partial charge is 0.396 e. The Morgan fingerprint density at radius 3 is 2.85 bits per heavy atom. The Bertz CT molecular complexity index is 683. The molecular weight excluding hydrogens is 328 g/mol. The average molecular weight is 356 g/mol. The van der Waals surface area contributed by atoms with Crippen molar-refractivity contribution in [1.82, 2.24) is 9.97 Å². The molecule has 0 bridgehead atoms. The van der Waals surface area contributed by atoms with Crippen molar-refractivity contribution in [3.8, 4) is 0 Å². The molecule has 3 N–H and O–H groups in total. The van der Waals surface area contributed by atoms with E-state index in [4.69, 9.17) is 0 Å². The van der Waals surface area contributed by atoms with E-state index in [9.17, 15) is 10.2 Å². The second-order valence-corrected chi connectivity index (χ2v) is 7.09. The number of rotatable bonds is 7. The minimum Gasteiger partial charge on any atom is -0.396 e. The van der Waals surface area contributed by atoms with Crippen molar-refractivity contribution < 1.29 is 10.2 Å². The van der Waals surface area contributed by atoms with E-state index >= 15 is 0 Å². The number of nitrogens with zero attached hydrogens (tertiary/aromatic N) is 3. The number of anilines is 2. The van der Waals surface area contributed by atoms with E-state index in [0.717, 1.165) is 37.3 Å². The van der Waals surface area contributed by atoms with Crippen LogP contribution in [0.3, 0.4) is 0 Å². The lowest BCUT2D eigenvalue weighted by Crippen LogP contribution is -2.37. The number of nitrogens with one attached hydrogen (secondary N) is 1. The molecule has 1 fully saturated rings. The van der Waals surface area contributed by atoms with E-state index in [-0.39, 0.29) is 12.6 Å². The first-order valence-corrected chi connectivity index (χ1v) is 9.32. The van der Waals surface area contributed by atoms with Crippen LogP contribution in [-0.4, -0.2) is 52.0 Å². The summed E-state index contributed by atoms with van der Waals surface area (Å²) in [5, 5.41) is 23.2. The first-order chi connectivity index (χ1) is 12.7.